The zero-order valence-electron chi connectivity index (χ0n) is 16.2. The van der Waals surface area contributed by atoms with Crippen LogP contribution in [-0.2, 0) is 13.0 Å². The fraction of sp³-hybridized carbons (Fsp3) is 0.286. The van der Waals surface area contributed by atoms with E-state index in [9.17, 15) is 0 Å². The Morgan fingerprint density at radius 2 is 1.89 bits per heavy atom. The summed E-state index contributed by atoms with van der Waals surface area (Å²) in [6, 6.07) is 10.4. The van der Waals surface area contributed by atoms with E-state index in [1.54, 1.807) is 0 Å². The van der Waals surface area contributed by atoms with E-state index >= 15 is 0 Å². The lowest BCUT2D eigenvalue weighted by Crippen LogP contribution is -2.08. The van der Waals surface area contributed by atoms with Gasteiger partial charge in [-0.15, -0.1) is 0 Å². The molecule has 0 atom stereocenters. The highest BCUT2D eigenvalue weighted by Gasteiger charge is 2.13. The third kappa shape index (κ3) is 3.07. The fourth-order valence-electron chi connectivity index (χ4n) is 3.58. The van der Waals surface area contributed by atoms with Crippen molar-refractivity contribution in [1.29, 1.82) is 0 Å². The van der Waals surface area contributed by atoms with Gasteiger partial charge in [0, 0.05) is 11.4 Å². The smallest absolute Gasteiger partial charge is 0.234 e. The first-order valence-electron chi connectivity index (χ1n) is 9.26. The number of aromatic nitrogens is 5. The SMILES string of the molecule is CCc1c(NCc2cnc3nc(C)cc(C)n23)cnn1-c1ccccc1C. The Balaban J connectivity index is 1.64. The molecule has 0 aliphatic rings. The molecule has 0 saturated carbocycles. The lowest BCUT2D eigenvalue weighted by atomic mass is 10.2. The van der Waals surface area contributed by atoms with Crippen molar-refractivity contribution in [3.8, 4) is 5.69 Å². The van der Waals surface area contributed by atoms with Crippen LogP contribution in [0.2, 0.25) is 0 Å². The average Bonchev–Trinajstić information content (AvgIpc) is 3.23. The Hall–Kier alpha value is -3.15. The monoisotopic (exact) mass is 360 g/mol. The van der Waals surface area contributed by atoms with Crippen LogP contribution in [0.25, 0.3) is 11.5 Å². The quantitative estimate of drug-likeness (QED) is 0.584. The molecule has 138 valence electrons. The lowest BCUT2D eigenvalue weighted by molar-refractivity contribution is 0.808. The van der Waals surface area contributed by atoms with Gasteiger partial charge in [-0.05, 0) is 44.9 Å². The van der Waals surface area contributed by atoms with Gasteiger partial charge in [-0.25, -0.2) is 14.6 Å². The molecule has 1 aromatic carbocycles. The minimum atomic E-state index is 0.666. The summed E-state index contributed by atoms with van der Waals surface area (Å²) < 4.78 is 4.12. The van der Waals surface area contributed by atoms with E-state index in [-0.39, 0.29) is 0 Å². The summed E-state index contributed by atoms with van der Waals surface area (Å²) in [5.41, 5.74) is 7.75. The van der Waals surface area contributed by atoms with Crippen LogP contribution >= 0.6 is 0 Å². The zero-order chi connectivity index (χ0) is 19.0. The summed E-state index contributed by atoms with van der Waals surface area (Å²) >= 11 is 0. The van der Waals surface area contributed by atoms with Gasteiger partial charge in [0.15, 0.2) is 0 Å². The highest BCUT2D eigenvalue weighted by molar-refractivity contribution is 5.52. The molecule has 0 unspecified atom stereocenters. The second-order valence-corrected chi connectivity index (χ2v) is 6.83. The summed E-state index contributed by atoms with van der Waals surface area (Å²) in [6.07, 6.45) is 4.69. The van der Waals surface area contributed by atoms with Crippen LogP contribution in [0.1, 0.15) is 35.3 Å². The van der Waals surface area contributed by atoms with Gasteiger partial charge in [-0.2, -0.15) is 5.10 Å². The number of para-hydroxylation sites is 1. The van der Waals surface area contributed by atoms with Crippen molar-refractivity contribution in [3.63, 3.8) is 0 Å². The number of benzene rings is 1. The average molecular weight is 360 g/mol. The minimum absolute atomic E-state index is 0.666. The molecular weight excluding hydrogens is 336 g/mol. The second kappa shape index (κ2) is 6.87. The first-order chi connectivity index (χ1) is 13.1. The maximum absolute atomic E-state index is 4.63. The number of rotatable bonds is 5. The summed E-state index contributed by atoms with van der Waals surface area (Å²) in [5.74, 6) is 0.746. The second-order valence-electron chi connectivity index (χ2n) is 6.83. The molecule has 3 aromatic heterocycles. The predicted octanol–water partition coefficient (Wildman–Crippen LogP) is 4.01. The number of anilines is 1. The molecule has 0 bridgehead atoms. The highest BCUT2D eigenvalue weighted by atomic mass is 15.3. The van der Waals surface area contributed by atoms with Crippen molar-refractivity contribution in [3.05, 3.63) is 71.1 Å². The summed E-state index contributed by atoms with van der Waals surface area (Å²) in [7, 11) is 0. The molecule has 0 aliphatic carbocycles. The molecule has 4 rings (SSSR count). The van der Waals surface area contributed by atoms with Crippen LogP contribution in [-0.4, -0.2) is 24.1 Å². The van der Waals surface area contributed by atoms with Crippen molar-refractivity contribution in [2.75, 3.05) is 5.32 Å². The maximum atomic E-state index is 4.63. The van der Waals surface area contributed by atoms with Crippen LogP contribution in [0, 0.1) is 20.8 Å². The largest absolute Gasteiger partial charge is 0.377 e. The minimum Gasteiger partial charge on any atom is -0.377 e. The third-order valence-electron chi connectivity index (χ3n) is 4.87. The van der Waals surface area contributed by atoms with Crippen LogP contribution in [0.15, 0.2) is 42.7 Å². The van der Waals surface area contributed by atoms with E-state index in [4.69, 9.17) is 0 Å². The van der Waals surface area contributed by atoms with Gasteiger partial charge in [0.05, 0.1) is 41.7 Å². The topological polar surface area (TPSA) is 60.0 Å². The molecule has 0 spiro atoms. The van der Waals surface area contributed by atoms with E-state index in [0.717, 1.165) is 40.7 Å². The van der Waals surface area contributed by atoms with Crippen molar-refractivity contribution in [2.24, 2.45) is 0 Å². The zero-order valence-corrected chi connectivity index (χ0v) is 16.2. The van der Waals surface area contributed by atoms with E-state index in [1.807, 2.05) is 30.1 Å². The Bertz CT molecular complexity index is 1110. The first-order valence-corrected chi connectivity index (χ1v) is 9.26. The number of nitrogens with zero attached hydrogens (tertiary/aromatic N) is 5. The molecule has 4 aromatic rings. The Morgan fingerprint density at radius 3 is 2.67 bits per heavy atom. The van der Waals surface area contributed by atoms with Gasteiger partial charge in [0.25, 0.3) is 0 Å². The maximum Gasteiger partial charge on any atom is 0.234 e. The molecule has 6 heteroatoms. The molecule has 0 radical (unpaired) electrons. The van der Waals surface area contributed by atoms with Gasteiger partial charge in [-0.3, -0.25) is 4.40 Å². The first kappa shape index (κ1) is 17.3. The number of aryl methyl sites for hydroxylation is 3. The summed E-state index contributed by atoms with van der Waals surface area (Å²) in [4.78, 5) is 8.96. The van der Waals surface area contributed by atoms with Crippen molar-refractivity contribution in [1.82, 2.24) is 24.1 Å². The van der Waals surface area contributed by atoms with Gasteiger partial charge in [0.2, 0.25) is 5.78 Å². The van der Waals surface area contributed by atoms with Crippen LogP contribution in [0.5, 0.6) is 0 Å². The van der Waals surface area contributed by atoms with Crippen molar-refractivity contribution in [2.45, 2.75) is 40.7 Å². The van der Waals surface area contributed by atoms with E-state index in [2.05, 4.69) is 69.8 Å². The number of nitrogens with one attached hydrogen (secondary N) is 1. The molecular formula is C21H24N6. The number of imidazole rings is 1. The van der Waals surface area contributed by atoms with Crippen LogP contribution in [0.4, 0.5) is 5.69 Å². The standard InChI is InChI=1S/C21H24N6/c1-5-19-18(13-24-27(19)20-9-7-6-8-14(20)2)22-11-17-12-23-21-25-15(3)10-16(4)26(17)21/h6-10,12-13,22H,5,11H2,1-4H3. The highest BCUT2D eigenvalue weighted by Crippen LogP contribution is 2.23. The molecule has 0 aliphatic heterocycles. The molecule has 6 nitrogen and oxygen atoms in total. The molecule has 27 heavy (non-hydrogen) atoms. The van der Waals surface area contributed by atoms with E-state index < -0.39 is 0 Å². The predicted molar refractivity (Wildman–Crippen MR) is 107 cm³/mol. The third-order valence-corrected chi connectivity index (χ3v) is 4.87. The fourth-order valence-corrected chi connectivity index (χ4v) is 3.58. The molecule has 3 heterocycles. The molecule has 0 fully saturated rings. The number of hydrogen-bond donors (Lipinski definition) is 1. The van der Waals surface area contributed by atoms with E-state index in [1.165, 1.54) is 11.3 Å². The van der Waals surface area contributed by atoms with Crippen molar-refractivity contribution >= 4 is 11.5 Å². The van der Waals surface area contributed by atoms with Crippen molar-refractivity contribution < 1.29 is 0 Å². The van der Waals surface area contributed by atoms with Gasteiger partial charge < -0.3 is 5.32 Å². The van der Waals surface area contributed by atoms with Gasteiger partial charge in [-0.1, -0.05) is 25.1 Å². The summed E-state index contributed by atoms with van der Waals surface area (Å²) in [6.45, 7) is 9.01. The molecule has 0 saturated heterocycles. The Morgan fingerprint density at radius 1 is 1.07 bits per heavy atom. The lowest BCUT2D eigenvalue weighted by Gasteiger charge is -2.12. The molecule has 1 N–H and O–H groups in total. The van der Waals surface area contributed by atoms with Gasteiger partial charge in [0.1, 0.15) is 0 Å². The van der Waals surface area contributed by atoms with Crippen LogP contribution < -0.4 is 5.32 Å². The van der Waals surface area contributed by atoms with Crippen LogP contribution in [0.3, 0.4) is 0 Å². The molecule has 0 amide bonds. The van der Waals surface area contributed by atoms with Gasteiger partial charge >= 0.3 is 0 Å². The number of hydrogen-bond acceptors (Lipinski definition) is 4. The summed E-state index contributed by atoms with van der Waals surface area (Å²) in [5, 5.41) is 8.17. The number of fused-ring (bicyclic) bond motifs is 1. The normalized spacial score (nSPS) is 11.3. The Kier molecular flexibility index (Phi) is 4.39. The Labute approximate surface area is 158 Å². The van der Waals surface area contributed by atoms with E-state index in [0.29, 0.717) is 6.54 Å².